The minimum atomic E-state index is -0.148. The Morgan fingerprint density at radius 2 is 2.09 bits per heavy atom. The molecule has 23 heavy (non-hydrogen) atoms. The predicted octanol–water partition coefficient (Wildman–Crippen LogP) is 4.30. The number of rotatable bonds is 5. The molecule has 0 radical (unpaired) electrons. The first-order valence-corrected chi connectivity index (χ1v) is 9.71. The van der Waals surface area contributed by atoms with Crippen LogP contribution in [0.5, 0.6) is 0 Å². The molecule has 0 spiro atoms. The van der Waals surface area contributed by atoms with Crippen LogP contribution >= 0.6 is 23.4 Å². The first kappa shape index (κ1) is 18.4. The molecule has 1 aromatic carbocycles. The lowest BCUT2D eigenvalue weighted by molar-refractivity contribution is 0.180. The number of carbonyl (C=O) groups is 1. The van der Waals surface area contributed by atoms with Crippen LogP contribution in [0.25, 0.3) is 0 Å². The molecule has 0 saturated carbocycles. The highest BCUT2D eigenvalue weighted by molar-refractivity contribution is 7.98. The zero-order valence-electron chi connectivity index (χ0n) is 14.1. The molecule has 128 valence electrons. The fourth-order valence-electron chi connectivity index (χ4n) is 2.90. The summed E-state index contributed by atoms with van der Waals surface area (Å²) in [6.45, 7) is 7.73. The van der Waals surface area contributed by atoms with Gasteiger partial charge in [0.2, 0.25) is 0 Å². The van der Waals surface area contributed by atoms with E-state index in [0.717, 1.165) is 43.1 Å². The molecular weight excluding hydrogens is 330 g/mol. The zero-order chi connectivity index (χ0) is 16.8. The van der Waals surface area contributed by atoms with E-state index < -0.39 is 0 Å². The van der Waals surface area contributed by atoms with E-state index in [4.69, 9.17) is 11.6 Å². The van der Waals surface area contributed by atoms with E-state index >= 15 is 0 Å². The van der Waals surface area contributed by atoms with Gasteiger partial charge in [-0.15, -0.1) is 11.8 Å². The molecule has 4 nitrogen and oxygen atoms in total. The number of piperidine rings is 1. The van der Waals surface area contributed by atoms with Crippen molar-refractivity contribution in [2.45, 2.75) is 37.6 Å². The topological polar surface area (TPSA) is 44.4 Å². The summed E-state index contributed by atoms with van der Waals surface area (Å²) in [6.07, 6.45) is 3.99. The molecule has 0 aromatic heterocycles. The Morgan fingerprint density at radius 1 is 1.39 bits per heavy atom. The Balaban J connectivity index is 1.83. The van der Waals surface area contributed by atoms with Gasteiger partial charge in [0, 0.05) is 35.6 Å². The van der Waals surface area contributed by atoms with Crippen molar-refractivity contribution in [2.24, 2.45) is 5.92 Å². The van der Waals surface area contributed by atoms with Crippen LogP contribution in [0.2, 0.25) is 5.02 Å². The van der Waals surface area contributed by atoms with Gasteiger partial charge in [0.1, 0.15) is 0 Å². The molecule has 1 aliphatic rings. The number of hydrogen-bond donors (Lipinski definition) is 2. The molecular formula is C17H26ClN3OS. The summed E-state index contributed by atoms with van der Waals surface area (Å²) in [6, 6.07) is 5.65. The summed E-state index contributed by atoms with van der Waals surface area (Å²) in [5.41, 5.74) is 0.764. The maximum Gasteiger partial charge on any atom is 0.319 e. The molecule has 0 aliphatic carbocycles. The highest BCUT2D eigenvalue weighted by Gasteiger charge is 2.21. The summed E-state index contributed by atoms with van der Waals surface area (Å²) < 4.78 is 0. The average Bonchev–Trinajstić information content (AvgIpc) is 2.49. The molecule has 2 amide bonds. The predicted molar refractivity (Wildman–Crippen MR) is 99.7 cm³/mol. The fourth-order valence-corrected chi connectivity index (χ4v) is 3.60. The van der Waals surface area contributed by atoms with Crippen molar-refractivity contribution < 1.29 is 4.79 Å². The number of hydrogen-bond acceptors (Lipinski definition) is 3. The van der Waals surface area contributed by atoms with Gasteiger partial charge in [-0.2, -0.15) is 0 Å². The minimum Gasteiger partial charge on any atom is -0.335 e. The van der Waals surface area contributed by atoms with Crippen molar-refractivity contribution in [1.29, 1.82) is 0 Å². The van der Waals surface area contributed by atoms with Crippen molar-refractivity contribution in [3.05, 3.63) is 23.2 Å². The number of benzene rings is 1. The quantitative estimate of drug-likeness (QED) is 0.774. The fraction of sp³-hybridized carbons (Fsp3) is 0.588. The maximum atomic E-state index is 12.2. The third-order valence-corrected chi connectivity index (χ3v) is 4.99. The van der Waals surface area contributed by atoms with E-state index in [2.05, 4.69) is 29.4 Å². The van der Waals surface area contributed by atoms with Crippen molar-refractivity contribution in [3.8, 4) is 0 Å². The third-order valence-electron chi connectivity index (χ3n) is 3.96. The van der Waals surface area contributed by atoms with Gasteiger partial charge in [0.25, 0.3) is 0 Å². The number of urea groups is 1. The van der Waals surface area contributed by atoms with E-state index in [9.17, 15) is 4.79 Å². The monoisotopic (exact) mass is 355 g/mol. The number of anilines is 1. The van der Waals surface area contributed by atoms with Crippen LogP contribution in [0.4, 0.5) is 10.5 Å². The van der Waals surface area contributed by atoms with Gasteiger partial charge in [-0.1, -0.05) is 25.4 Å². The number of likely N-dealkylation sites (tertiary alicyclic amines) is 1. The summed E-state index contributed by atoms with van der Waals surface area (Å²) in [5.74, 6) is 0.690. The Kier molecular flexibility index (Phi) is 7.06. The van der Waals surface area contributed by atoms with Crippen molar-refractivity contribution in [2.75, 3.05) is 31.2 Å². The van der Waals surface area contributed by atoms with Crippen LogP contribution in [0.15, 0.2) is 23.1 Å². The smallest absolute Gasteiger partial charge is 0.319 e. The Hall–Kier alpha value is -0.910. The van der Waals surface area contributed by atoms with Crippen molar-refractivity contribution in [1.82, 2.24) is 10.2 Å². The molecule has 1 aliphatic heterocycles. The van der Waals surface area contributed by atoms with E-state index in [1.54, 1.807) is 17.8 Å². The molecule has 1 aromatic rings. The van der Waals surface area contributed by atoms with Crippen LogP contribution < -0.4 is 10.6 Å². The molecule has 2 N–H and O–H groups in total. The van der Waals surface area contributed by atoms with E-state index in [1.807, 2.05) is 18.4 Å². The number of carbonyl (C=O) groups excluding carboxylic acids is 1. The van der Waals surface area contributed by atoms with Gasteiger partial charge in [0.15, 0.2) is 0 Å². The van der Waals surface area contributed by atoms with Crippen LogP contribution in [0, 0.1) is 5.92 Å². The van der Waals surface area contributed by atoms with Crippen LogP contribution in [-0.4, -0.2) is 42.9 Å². The van der Waals surface area contributed by atoms with Gasteiger partial charge in [-0.05, 0) is 43.2 Å². The molecule has 0 atom stereocenters. The Bertz CT molecular complexity index is 531. The van der Waals surface area contributed by atoms with E-state index in [-0.39, 0.29) is 12.1 Å². The first-order chi connectivity index (χ1) is 11.0. The highest BCUT2D eigenvalue weighted by Crippen LogP contribution is 2.28. The highest BCUT2D eigenvalue weighted by atomic mass is 35.5. The summed E-state index contributed by atoms with van der Waals surface area (Å²) in [7, 11) is 0. The SMILES string of the molecule is CSc1ccc(Cl)cc1NC(=O)NC1CCN(CC(C)C)CC1. The average molecular weight is 356 g/mol. The third kappa shape index (κ3) is 5.90. The van der Waals surface area contributed by atoms with Gasteiger partial charge in [0.05, 0.1) is 5.69 Å². The lowest BCUT2D eigenvalue weighted by Gasteiger charge is -2.33. The number of amides is 2. The molecule has 6 heteroatoms. The first-order valence-electron chi connectivity index (χ1n) is 8.11. The van der Waals surface area contributed by atoms with E-state index in [1.165, 1.54) is 0 Å². The minimum absolute atomic E-state index is 0.148. The summed E-state index contributed by atoms with van der Waals surface area (Å²) in [4.78, 5) is 15.7. The number of thioether (sulfide) groups is 1. The molecule has 1 saturated heterocycles. The summed E-state index contributed by atoms with van der Waals surface area (Å²) in [5, 5.41) is 6.63. The van der Waals surface area contributed by atoms with Crippen molar-refractivity contribution in [3.63, 3.8) is 0 Å². The largest absolute Gasteiger partial charge is 0.335 e. The van der Waals surface area contributed by atoms with Gasteiger partial charge >= 0.3 is 6.03 Å². The second kappa shape index (κ2) is 8.81. The van der Waals surface area contributed by atoms with E-state index in [0.29, 0.717) is 10.9 Å². The molecule has 1 fully saturated rings. The number of halogens is 1. The number of nitrogens with zero attached hydrogens (tertiary/aromatic N) is 1. The second-order valence-electron chi connectivity index (χ2n) is 6.41. The number of nitrogens with one attached hydrogen (secondary N) is 2. The maximum absolute atomic E-state index is 12.2. The second-order valence-corrected chi connectivity index (χ2v) is 7.70. The summed E-state index contributed by atoms with van der Waals surface area (Å²) >= 11 is 7.61. The Morgan fingerprint density at radius 3 is 2.70 bits per heavy atom. The van der Waals surface area contributed by atoms with Crippen LogP contribution in [0.1, 0.15) is 26.7 Å². The molecule has 0 bridgehead atoms. The molecule has 0 unspecified atom stereocenters. The van der Waals surface area contributed by atoms with Gasteiger partial charge in [-0.25, -0.2) is 4.79 Å². The zero-order valence-corrected chi connectivity index (χ0v) is 15.6. The lowest BCUT2D eigenvalue weighted by Crippen LogP contribution is -2.46. The van der Waals surface area contributed by atoms with Crippen molar-refractivity contribution >= 4 is 35.1 Å². The van der Waals surface area contributed by atoms with Gasteiger partial charge < -0.3 is 15.5 Å². The lowest BCUT2D eigenvalue weighted by atomic mass is 10.0. The Labute approximate surface area is 148 Å². The standard InChI is InChI=1S/C17H26ClN3OS/c1-12(2)11-21-8-6-14(7-9-21)19-17(22)20-15-10-13(18)4-5-16(15)23-3/h4-5,10,12,14H,6-9,11H2,1-3H3,(H2,19,20,22). The van der Waals surface area contributed by atoms with Crippen LogP contribution in [0.3, 0.4) is 0 Å². The molecule has 1 heterocycles. The normalized spacial score (nSPS) is 16.6. The molecule has 2 rings (SSSR count). The van der Waals surface area contributed by atoms with Gasteiger partial charge in [-0.3, -0.25) is 0 Å². The van der Waals surface area contributed by atoms with Crippen LogP contribution in [-0.2, 0) is 0 Å².